The van der Waals surface area contributed by atoms with Crippen LogP contribution >= 0.6 is 0 Å². The van der Waals surface area contributed by atoms with Crippen LogP contribution in [0.4, 0.5) is 5.82 Å². The molecule has 2 aromatic rings. The van der Waals surface area contributed by atoms with Crippen molar-refractivity contribution in [3.63, 3.8) is 0 Å². The van der Waals surface area contributed by atoms with E-state index < -0.39 is 0 Å². The summed E-state index contributed by atoms with van der Waals surface area (Å²) in [6.07, 6.45) is 2.69. The lowest BCUT2D eigenvalue weighted by molar-refractivity contribution is 0.278. The van der Waals surface area contributed by atoms with Crippen LogP contribution in [0.2, 0.25) is 0 Å². The fourth-order valence-corrected chi connectivity index (χ4v) is 4.03. The Morgan fingerprint density at radius 1 is 1.24 bits per heavy atom. The molecular weight excluding hydrogens is 310 g/mol. The minimum atomic E-state index is 0.403. The summed E-state index contributed by atoms with van der Waals surface area (Å²) in [7, 11) is 0. The van der Waals surface area contributed by atoms with E-state index in [-0.39, 0.29) is 0 Å². The summed E-state index contributed by atoms with van der Waals surface area (Å²) in [5, 5.41) is 12.0. The Morgan fingerprint density at radius 2 is 2.04 bits per heavy atom. The van der Waals surface area contributed by atoms with Crippen LogP contribution in [-0.2, 0) is 6.54 Å². The van der Waals surface area contributed by atoms with E-state index >= 15 is 0 Å². The molecule has 3 heterocycles. The molecule has 0 saturated carbocycles. The number of anilines is 1. The molecule has 0 spiro atoms. The van der Waals surface area contributed by atoms with Gasteiger partial charge in [-0.15, -0.1) is 0 Å². The van der Waals surface area contributed by atoms with Crippen molar-refractivity contribution in [2.24, 2.45) is 5.92 Å². The predicted molar refractivity (Wildman–Crippen MR) is 102 cm³/mol. The molecule has 0 unspecified atom stereocenters. The third-order valence-corrected chi connectivity index (χ3v) is 5.40. The molecule has 25 heavy (non-hydrogen) atoms. The molecule has 0 bridgehead atoms. The summed E-state index contributed by atoms with van der Waals surface area (Å²) in [4.78, 5) is 2.60. The molecule has 134 valence electrons. The fraction of sp³-hybridized carbons (Fsp3) is 0.550. The average Bonchev–Trinajstić information content (AvgIpc) is 3.27. The molecule has 2 N–H and O–H groups in total. The maximum atomic E-state index is 4.59. The molecule has 0 amide bonds. The zero-order valence-electron chi connectivity index (χ0n) is 15.1. The van der Waals surface area contributed by atoms with E-state index in [4.69, 9.17) is 0 Å². The van der Waals surface area contributed by atoms with Crippen LogP contribution in [0.15, 0.2) is 36.4 Å². The number of fused-ring (bicyclic) bond motifs is 1. The first kappa shape index (κ1) is 16.6. The van der Waals surface area contributed by atoms with Crippen LogP contribution in [0.1, 0.15) is 30.1 Å². The molecule has 1 aromatic heterocycles. The normalized spacial score (nSPS) is 21.7. The van der Waals surface area contributed by atoms with E-state index in [0.717, 1.165) is 37.7 Å². The van der Waals surface area contributed by atoms with Gasteiger partial charge in [0.05, 0.1) is 5.69 Å². The van der Waals surface area contributed by atoms with E-state index in [1.807, 2.05) is 0 Å². The number of aryl methyl sites for hydroxylation is 1. The van der Waals surface area contributed by atoms with Crippen LogP contribution in [0.3, 0.4) is 0 Å². The van der Waals surface area contributed by atoms with E-state index in [0.29, 0.717) is 12.0 Å². The average molecular weight is 339 g/mol. The molecule has 2 aliphatic heterocycles. The van der Waals surface area contributed by atoms with Gasteiger partial charge in [0.2, 0.25) is 0 Å². The van der Waals surface area contributed by atoms with Gasteiger partial charge >= 0.3 is 0 Å². The second-order valence-electron chi connectivity index (χ2n) is 7.48. The second-order valence-corrected chi connectivity index (χ2v) is 7.48. The van der Waals surface area contributed by atoms with Crippen molar-refractivity contribution in [2.75, 3.05) is 38.0 Å². The molecule has 0 aliphatic carbocycles. The number of nitrogens with zero attached hydrogens (tertiary/aromatic N) is 3. The summed E-state index contributed by atoms with van der Waals surface area (Å²) in [5.41, 5.74) is 2.49. The van der Waals surface area contributed by atoms with Gasteiger partial charge in [0, 0.05) is 44.2 Å². The molecule has 1 aromatic carbocycles. The van der Waals surface area contributed by atoms with Crippen molar-refractivity contribution in [1.82, 2.24) is 20.0 Å². The lowest BCUT2D eigenvalue weighted by Gasteiger charge is -2.29. The first-order valence-corrected chi connectivity index (χ1v) is 9.57. The summed E-state index contributed by atoms with van der Waals surface area (Å²) < 4.78 is 2.11. The molecule has 2 aliphatic rings. The minimum Gasteiger partial charge on any atom is -0.370 e. The van der Waals surface area contributed by atoms with Crippen molar-refractivity contribution < 1.29 is 0 Å². The lowest BCUT2D eigenvalue weighted by atomic mass is 10.0. The topological polar surface area (TPSA) is 45.1 Å². The van der Waals surface area contributed by atoms with E-state index in [1.165, 1.54) is 31.5 Å². The van der Waals surface area contributed by atoms with Gasteiger partial charge in [-0.3, -0.25) is 0 Å². The van der Waals surface area contributed by atoms with Gasteiger partial charge in [0.25, 0.3) is 0 Å². The number of rotatable bonds is 6. The Hall–Kier alpha value is -1.85. The Bertz CT molecular complexity index is 675. The first-order valence-electron chi connectivity index (χ1n) is 9.57. The van der Waals surface area contributed by atoms with Crippen molar-refractivity contribution in [1.29, 1.82) is 0 Å². The lowest BCUT2D eigenvalue weighted by Crippen LogP contribution is -2.40. The number of nitrogens with one attached hydrogen (secondary N) is 2. The monoisotopic (exact) mass is 339 g/mol. The highest BCUT2D eigenvalue weighted by Gasteiger charge is 2.22. The van der Waals surface area contributed by atoms with Crippen LogP contribution in [-0.4, -0.2) is 47.4 Å². The predicted octanol–water partition coefficient (Wildman–Crippen LogP) is 2.66. The zero-order valence-corrected chi connectivity index (χ0v) is 15.1. The highest BCUT2D eigenvalue weighted by atomic mass is 15.3. The van der Waals surface area contributed by atoms with Crippen LogP contribution < -0.4 is 10.6 Å². The molecule has 5 heteroatoms. The highest BCUT2D eigenvalue weighted by molar-refractivity contribution is 5.38. The quantitative estimate of drug-likeness (QED) is 0.849. The van der Waals surface area contributed by atoms with Crippen LogP contribution in [0, 0.1) is 12.8 Å². The maximum Gasteiger partial charge on any atom is 0.124 e. The standard InChI is InChI=1S/C20H29N5/c1-16-11-20-22-13-17(14-25(20)23-16)12-21-19(15-24-9-5-6-10-24)18-7-3-2-4-8-18/h2-4,7-8,11,17,19,21-22H,5-6,9-10,12-15H2,1H3/t17-,19+/m0/s1. The Morgan fingerprint density at radius 3 is 2.84 bits per heavy atom. The molecular formula is C20H29N5. The molecule has 1 saturated heterocycles. The number of hydrogen-bond donors (Lipinski definition) is 2. The smallest absolute Gasteiger partial charge is 0.124 e. The summed E-state index contributed by atoms with van der Waals surface area (Å²) >= 11 is 0. The van der Waals surface area contributed by atoms with E-state index in [1.54, 1.807) is 0 Å². The summed E-state index contributed by atoms with van der Waals surface area (Å²) in [5.74, 6) is 1.72. The van der Waals surface area contributed by atoms with E-state index in [2.05, 4.69) is 68.6 Å². The fourth-order valence-electron chi connectivity index (χ4n) is 4.03. The van der Waals surface area contributed by atoms with Crippen molar-refractivity contribution >= 4 is 5.82 Å². The first-order chi connectivity index (χ1) is 12.3. The van der Waals surface area contributed by atoms with Gasteiger partial charge in [-0.05, 0) is 38.4 Å². The molecule has 4 rings (SSSR count). The van der Waals surface area contributed by atoms with Gasteiger partial charge in [-0.25, -0.2) is 4.68 Å². The minimum absolute atomic E-state index is 0.403. The number of benzene rings is 1. The van der Waals surface area contributed by atoms with Gasteiger partial charge in [-0.1, -0.05) is 30.3 Å². The third-order valence-electron chi connectivity index (χ3n) is 5.40. The Balaban J connectivity index is 1.38. The SMILES string of the molecule is Cc1cc2n(n1)C[C@@H](CN[C@H](CN1CCCC1)c1ccccc1)CN2. The molecule has 1 fully saturated rings. The highest BCUT2D eigenvalue weighted by Crippen LogP contribution is 2.21. The molecule has 5 nitrogen and oxygen atoms in total. The van der Waals surface area contributed by atoms with Crippen LogP contribution in [0.25, 0.3) is 0 Å². The van der Waals surface area contributed by atoms with Gasteiger partial charge in [0.1, 0.15) is 5.82 Å². The van der Waals surface area contributed by atoms with Gasteiger partial charge < -0.3 is 15.5 Å². The summed E-state index contributed by atoms with van der Waals surface area (Å²) in [6, 6.07) is 13.4. The van der Waals surface area contributed by atoms with Gasteiger partial charge in [-0.2, -0.15) is 5.10 Å². The second kappa shape index (κ2) is 7.58. The van der Waals surface area contributed by atoms with E-state index in [9.17, 15) is 0 Å². The van der Waals surface area contributed by atoms with Crippen LogP contribution in [0.5, 0.6) is 0 Å². The summed E-state index contributed by atoms with van der Waals surface area (Å²) in [6.45, 7) is 8.67. The number of hydrogen-bond acceptors (Lipinski definition) is 4. The molecule has 2 atom stereocenters. The Kier molecular flexibility index (Phi) is 5.04. The van der Waals surface area contributed by atoms with Crippen molar-refractivity contribution in [3.8, 4) is 0 Å². The zero-order chi connectivity index (χ0) is 17.1. The molecule has 0 radical (unpaired) electrons. The number of likely N-dealkylation sites (tertiary alicyclic amines) is 1. The van der Waals surface area contributed by atoms with Gasteiger partial charge in [0.15, 0.2) is 0 Å². The Labute approximate surface area is 150 Å². The largest absolute Gasteiger partial charge is 0.370 e. The van der Waals surface area contributed by atoms with Crippen molar-refractivity contribution in [2.45, 2.75) is 32.4 Å². The third kappa shape index (κ3) is 4.05. The maximum absolute atomic E-state index is 4.59. The van der Waals surface area contributed by atoms with Crippen molar-refractivity contribution in [3.05, 3.63) is 47.7 Å². The number of aromatic nitrogens is 2.